The molecule has 0 saturated carbocycles. The molecule has 1 aliphatic heterocycles. The lowest BCUT2D eigenvalue weighted by atomic mass is 9.91. The lowest BCUT2D eigenvalue weighted by Gasteiger charge is -2.34. The van der Waals surface area contributed by atoms with Crippen LogP contribution in [0.1, 0.15) is 32.4 Å². The Morgan fingerprint density at radius 2 is 1.95 bits per heavy atom. The second-order valence-corrected chi connectivity index (χ2v) is 5.16. The van der Waals surface area contributed by atoms with Gasteiger partial charge in [0.15, 0.2) is 11.5 Å². The van der Waals surface area contributed by atoms with Gasteiger partial charge < -0.3 is 19.5 Å². The molecule has 0 aromatic heterocycles. The number of rotatable bonds is 5. The molecule has 2 rings (SSSR count). The third kappa shape index (κ3) is 3.01. The summed E-state index contributed by atoms with van der Waals surface area (Å²) in [4.78, 5) is 0. The van der Waals surface area contributed by atoms with E-state index < -0.39 is 0 Å². The minimum absolute atomic E-state index is 0.100. The van der Waals surface area contributed by atoms with Crippen molar-refractivity contribution in [2.75, 3.05) is 26.9 Å². The van der Waals surface area contributed by atoms with Crippen molar-refractivity contribution < 1.29 is 14.2 Å². The monoisotopic (exact) mass is 265 g/mol. The summed E-state index contributed by atoms with van der Waals surface area (Å²) in [7, 11) is 1.95. The summed E-state index contributed by atoms with van der Waals surface area (Å²) in [6.45, 7) is 8.11. The van der Waals surface area contributed by atoms with Crippen LogP contribution in [0.5, 0.6) is 11.5 Å². The van der Waals surface area contributed by atoms with Crippen molar-refractivity contribution in [1.29, 1.82) is 0 Å². The zero-order valence-corrected chi connectivity index (χ0v) is 12.2. The average molecular weight is 265 g/mol. The first kappa shape index (κ1) is 14.2. The highest BCUT2D eigenvalue weighted by molar-refractivity contribution is 5.45. The molecular weight excluding hydrogens is 242 g/mol. The van der Waals surface area contributed by atoms with Gasteiger partial charge in [0.05, 0.1) is 11.6 Å². The van der Waals surface area contributed by atoms with Crippen LogP contribution in [0.4, 0.5) is 0 Å². The SMILES string of the molecule is CCOC(C)(C)C(NC)c1ccc2c(c1)OCCO2. The molecule has 0 saturated heterocycles. The molecule has 0 radical (unpaired) electrons. The number of hydrogen-bond acceptors (Lipinski definition) is 4. The van der Waals surface area contributed by atoms with E-state index in [9.17, 15) is 0 Å². The number of likely N-dealkylation sites (N-methyl/N-ethyl adjacent to an activating group) is 1. The van der Waals surface area contributed by atoms with Gasteiger partial charge in [-0.15, -0.1) is 0 Å². The Labute approximate surface area is 115 Å². The summed E-state index contributed by atoms with van der Waals surface area (Å²) in [5.74, 6) is 1.63. The molecule has 0 spiro atoms. The van der Waals surface area contributed by atoms with Crippen LogP contribution < -0.4 is 14.8 Å². The van der Waals surface area contributed by atoms with Crippen LogP contribution in [0.2, 0.25) is 0 Å². The van der Waals surface area contributed by atoms with Gasteiger partial charge in [0.2, 0.25) is 0 Å². The van der Waals surface area contributed by atoms with E-state index in [2.05, 4.69) is 25.2 Å². The zero-order chi connectivity index (χ0) is 13.9. The van der Waals surface area contributed by atoms with Gasteiger partial charge in [-0.1, -0.05) is 6.07 Å². The topological polar surface area (TPSA) is 39.7 Å². The lowest BCUT2D eigenvalue weighted by molar-refractivity contribution is -0.0375. The molecule has 1 atom stereocenters. The van der Waals surface area contributed by atoms with Crippen molar-refractivity contribution in [2.24, 2.45) is 0 Å². The fourth-order valence-corrected chi connectivity index (χ4v) is 2.61. The first-order valence-corrected chi connectivity index (χ1v) is 6.79. The van der Waals surface area contributed by atoms with E-state index in [1.807, 2.05) is 26.1 Å². The van der Waals surface area contributed by atoms with E-state index >= 15 is 0 Å². The number of benzene rings is 1. The number of fused-ring (bicyclic) bond motifs is 1. The molecule has 1 N–H and O–H groups in total. The van der Waals surface area contributed by atoms with Crippen molar-refractivity contribution >= 4 is 0 Å². The standard InChI is InChI=1S/C15H23NO3/c1-5-19-15(2,3)14(16-4)11-6-7-12-13(10-11)18-9-8-17-12/h6-7,10,14,16H,5,8-9H2,1-4H3. The molecule has 1 aliphatic rings. The van der Waals surface area contributed by atoms with Crippen LogP contribution >= 0.6 is 0 Å². The summed E-state index contributed by atoms with van der Waals surface area (Å²) in [6, 6.07) is 6.17. The van der Waals surface area contributed by atoms with Crippen LogP contribution in [0.3, 0.4) is 0 Å². The van der Waals surface area contributed by atoms with Gasteiger partial charge in [-0.25, -0.2) is 0 Å². The van der Waals surface area contributed by atoms with Crippen LogP contribution in [0, 0.1) is 0 Å². The maximum absolute atomic E-state index is 5.85. The maximum atomic E-state index is 5.85. The molecule has 4 nitrogen and oxygen atoms in total. The van der Waals surface area contributed by atoms with Crippen molar-refractivity contribution in [3.8, 4) is 11.5 Å². The highest BCUT2D eigenvalue weighted by atomic mass is 16.6. The largest absolute Gasteiger partial charge is 0.486 e. The number of ether oxygens (including phenoxy) is 3. The third-order valence-electron chi connectivity index (χ3n) is 3.40. The maximum Gasteiger partial charge on any atom is 0.161 e. The number of nitrogens with one attached hydrogen (secondary N) is 1. The van der Waals surface area contributed by atoms with E-state index in [1.54, 1.807) is 0 Å². The van der Waals surface area contributed by atoms with Gasteiger partial charge in [-0.05, 0) is 45.5 Å². The molecule has 0 fully saturated rings. The summed E-state index contributed by atoms with van der Waals surface area (Å²) in [6.07, 6.45) is 0. The fourth-order valence-electron chi connectivity index (χ4n) is 2.61. The smallest absolute Gasteiger partial charge is 0.161 e. The molecule has 1 heterocycles. The van der Waals surface area contributed by atoms with E-state index in [-0.39, 0.29) is 11.6 Å². The average Bonchev–Trinajstić information content (AvgIpc) is 2.39. The second kappa shape index (κ2) is 5.80. The molecule has 0 amide bonds. The predicted octanol–water partition coefficient (Wildman–Crippen LogP) is 2.53. The van der Waals surface area contributed by atoms with Gasteiger partial charge in [0.1, 0.15) is 13.2 Å². The van der Waals surface area contributed by atoms with E-state index in [0.717, 1.165) is 17.1 Å². The van der Waals surface area contributed by atoms with Crippen molar-refractivity contribution in [3.63, 3.8) is 0 Å². The Morgan fingerprint density at radius 1 is 1.26 bits per heavy atom. The number of hydrogen-bond donors (Lipinski definition) is 1. The Hall–Kier alpha value is -1.26. The fraction of sp³-hybridized carbons (Fsp3) is 0.600. The third-order valence-corrected chi connectivity index (χ3v) is 3.40. The summed E-state index contributed by atoms with van der Waals surface area (Å²) >= 11 is 0. The van der Waals surface area contributed by atoms with Crippen LogP contribution in [0.15, 0.2) is 18.2 Å². The van der Waals surface area contributed by atoms with Gasteiger partial charge in [-0.3, -0.25) is 0 Å². The molecule has 1 aromatic carbocycles. The zero-order valence-electron chi connectivity index (χ0n) is 12.2. The molecule has 1 aromatic rings. The van der Waals surface area contributed by atoms with Crippen LogP contribution in [-0.4, -0.2) is 32.5 Å². The van der Waals surface area contributed by atoms with Gasteiger partial charge in [0.25, 0.3) is 0 Å². The van der Waals surface area contributed by atoms with Gasteiger partial charge >= 0.3 is 0 Å². The van der Waals surface area contributed by atoms with Crippen molar-refractivity contribution in [2.45, 2.75) is 32.4 Å². The Morgan fingerprint density at radius 3 is 2.58 bits per heavy atom. The van der Waals surface area contributed by atoms with E-state index in [1.165, 1.54) is 0 Å². The summed E-state index contributed by atoms with van der Waals surface area (Å²) < 4.78 is 17.0. The lowest BCUT2D eigenvalue weighted by Crippen LogP contribution is -2.40. The Balaban J connectivity index is 2.28. The minimum Gasteiger partial charge on any atom is -0.486 e. The van der Waals surface area contributed by atoms with Crippen molar-refractivity contribution in [3.05, 3.63) is 23.8 Å². The highest BCUT2D eigenvalue weighted by Crippen LogP contribution is 2.36. The van der Waals surface area contributed by atoms with E-state index in [4.69, 9.17) is 14.2 Å². The van der Waals surface area contributed by atoms with E-state index in [0.29, 0.717) is 19.8 Å². The predicted molar refractivity (Wildman–Crippen MR) is 74.9 cm³/mol. The molecule has 0 aliphatic carbocycles. The first-order valence-electron chi connectivity index (χ1n) is 6.79. The molecule has 4 heteroatoms. The van der Waals surface area contributed by atoms with Crippen LogP contribution in [-0.2, 0) is 4.74 Å². The van der Waals surface area contributed by atoms with Gasteiger partial charge in [0, 0.05) is 6.61 Å². The molecule has 1 unspecified atom stereocenters. The Kier molecular flexibility index (Phi) is 4.32. The highest BCUT2D eigenvalue weighted by Gasteiger charge is 2.31. The summed E-state index contributed by atoms with van der Waals surface area (Å²) in [5, 5.41) is 3.33. The van der Waals surface area contributed by atoms with Gasteiger partial charge in [-0.2, -0.15) is 0 Å². The second-order valence-electron chi connectivity index (χ2n) is 5.16. The molecule has 0 bridgehead atoms. The van der Waals surface area contributed by atoms with Crippen molar-refractivity contribution in [1.82, 2.24) is 5.32 Å². The first-order chi connectivity index (χ1) is 9.08. The Bertz CT molecular complexity index is 431. The summed E-state index contributed by atoms with van der Waals surface area (Å²) in [5.41, 5.74) is 0.859. The normalized spacial score (nSPS) is 16.2. The molecule has 106 valence electrons. The quantitative estimate of drug-likeness (QED) is 0.888. The molecular formula is C15H23NO3. The minimum atomic E-state index is -0.284. The molecule has 19 heavy (non-hydrogen) atoms. The van der Waals surface area contributed by atoms with Crippen LogP contribution in [0.25, 0.3) is 0 Å².